The summed E-state index contributed by atoms with van der Waals surface area (Å²) in [6, 6.07) is 13.7. The number of benzene rings is 2. The first kappa shape index (κ1) is 16.6. The van der Waals surface area contributed by atoms with Gasteiger partial charge in [-0.25, -0.2) is 14.2 Å². The van der Waals surface area contributed by atoms with E-state index in [2.05, 4.69) is 25.9 Å². The van der Waals surface area contributed by atoms with Crippen LogP contribution in [0.2, 0.25) is 0 Å². The van der Waals surface area contributed by atoms with E-state index in [1.807, 2.05) is 48.0 Å². The molecule has 2 aromatic heterocycles. The quantitative estimate of drug-likeness (QED) is 0.500. The van der Waals surface area contributed by atoms with Gasteiger partial charge in [0.05, 0.1) is 21.9 Å². The van der Waals surface area contributed by atoms with Gasteiger partial charge in [-0.2, -0.15) is 0 Å². The Labute approximate surface area is 155 Å². The molecule has 1 atom stereocenters. The van der Waals surface area contributed by atoms with Crippen LogP contribution in [-0.2, 0) is 9.71 Å². The third kappa shape index (κ3) is 3.71. The van der Waals surface area contributed by atoms with Gasteiger partial charge in [0, 0.05) is 32.9 Å². The van der Waals surface area contributed by atoms with Crippen molar-refractivity contribution in [3.8, 4) is 11.3 Å². The highest BCUT2D eigenvalue weighted by molar-refractivity contribution is 8.00. The van der Waals surface area contributed by atoms with Crippen molar-refractivity contribution in [2.24, 2.45) is 0 Å². The Balaban J connectivity index is 1.56. The van der Waals surface area contributed by atoms with Crippen molar-refractivity contribution in [2.75, 3.05) is 16.3 Å². The maximum atomic E-state index is 11.8. The van der Waals surface area contributed by atoms with Crippen LogP contribution in [-0.4, -0.2) is 26.3 Å². The van der Waals surface area contributed by atoms with Crippen LogP contribution in [0.3, 0.4) is 0 Å². The number of rotatable bonds is 5. The van der Waals surface area contributed by atoms with Crippen LogP contribution < -0.4 is 10.0 Å². The standard InChI is InChI=1S/C18H16N4O2S2/c1-26(2,23)22-14-5-3-4-13(9-14)21-18-19-10-16(24-18)12-6-7-15-17(8-12)25-11-20-15/h3-11H,1H2,2H3,(H,19,21)(H,22,23). The van der Waals surface area contributed by atoms with Gasteiger partial charge >= 0.3 is 0 Å². The Hall–Kier alpha value is -2.84. The van der Waals surface area contributed by atoms with Crippen LogP contribution in [0.1, 0.15) is 0 Å². The smallest absolute Gasteiger partial charge is 0.299 e. The second-order valence-electron chi connectivity index (χ2n) is 5.88. The zero-order chi connectivity index (χ0) is 18.1. The Morgan fingerprint density at radius 2 is 2.00 bits per heavy atom. The van der Waals surface area contributed by atoms with Crippen LogP contribution in [0, 0.1) is 0 Å². The predicted molar refractivity (Wildman–Crippen MR) is 110 cm³/mol. The fraction of sp³-hybridized carbons (Fsp3) is 0.0556. The van der Waals surface area contributed by atoms with Crippen LogP contribution in [0.15, 0.2) is 58.6 Å². The minimum absolute atomic E-state index is 0.383. The van der Waals surface area contributed by atoms with E-state index in [-0.39, 0.29) is 0 Å². The second kappa shape index (κ2) is 6.47. The summed E-state index contributed by atoms with van der Waals surface area (Å²) in [5.41, 5.74) is 5.22. The monoisotopic (exact) mass is 384 g/mol. The number of thiazole rings is 1. The van der Waals surface area contributed by atoms with Crippen LogP contribution in [0.5, 0.6) is 0 Å². The Bertz CT molecular complexity index is 1180. The fourth-order valence-electron chi connectivity index (χ4n) is 2.51. The molecule has 0 fully saturated rings. The van der Waals surface area contributed by atoms with Crippen molar-refractivity contribution in [2.45, 2.75) is 0 Å². The van der Waals surface area contributed by atoms with Gasteiger partial charge in [0.15, 0.2) is 5.76 Å². The van der Waals surface area contributed by atoms with E-state index in [1.54, 1.807) is 23.8 Å². The third-order valence-electron chi connectivity index (χ3n) is 3.57. The molecule has 0 spiro atoms. The zero-order valence-corrected chi connectivity index (χ0v) is 15.6. The molecule has 0 saturated heterocycles. The normalized spacial score (nSPS) is 13.4. The number of nitrogens with one attached hydrogen (secondary N) is 2. The summed E-state index contributed by atoms with van der Waals surface area (Å²) in [5.74, 6) is 4.27. The summed E-state index contributed by atoms with van der Waals surface area (Å²) in [6.07, 6.45) is 3.23. The molecule has 0 bridgehead atoms. The highest BCUT2D eigenvalue weighted by Crippen LogP contribution is 2.29. The van der Waals surface area contributed by atoms with E-state index < -0.39 is 9.71 Å². The average molecular weight is 384 g/mol. The zero-order valence-electron chi connectivity index (χ0n) is 13.9. The first-order valence-corrected chi connectivity index (χ1v) is 10.7. The highest BCUT2D eigenvalue weighted by atomic mass is 32.2. The fourth-order valence-corrected chi connectivity index (χ4v) is 3.85. The molecule has 0 radical (unpaired) electrons. The molecule has 26 heavy (non-hydrogen) atoms. The lowest BCUT2D eigenvalue weighted by molar-refractivity contribution is 0.592. The van der Waals surface area contributed by atoms with Gasteiger partial charge in [-0.1, -0.05) is 6.07 Å². The minimum atomic E-state index is -2.33. The van der Waals surface area contributed by atoms with Crippen molar-refractivity contribution in [1.29, 1.82) is 0 Å². The number of oxazole rings is 1. The molecule has 8 heteroatoms. The highest BCUT2D eigenvalue weighted by Gasteiger charge is 2.09. The molecule has 4 rings (SSSR count). The first-order valence-electron chi connectivity index (χ1n) is 7.73. The lowest BCUT2D eigenvalue weighted by Gasteiger charge is -2.09. The number of anilines is 3. The summed E-state index contributed by atoms with van der Waals surface area (Å²) >= 11 is 1.59. The van der Waals surface area contributed by atoms with Crippen molar-refractivity contribution < 1.29 is 8.63 Å². The molecular formula is C18H16N4O2S2. The van der Waals surface area contributed by atoms with E-state index >= 15 is 0 Å². The van der Waals surface area contributed by atoms with Gasteiger partial charge in [0.25, 0.3) is 6.01 Å². The molecule has 0 aliphatic rings. The second-order valence-corrected chi connectivity index (χ2v) is 8.98. The lowest BCUT2D eigenvalue weighted by atomic mass is 10.2. The van der Waals surface area contributed by atoms with Crippen LogP contribution >= 0.6 is 11.3 Å². The maximum Gasteiger partial charge on any atom is 0.299 e. The minimum Gasteiger partial charge on any atom is -0.423 e. The molecule has 0 aliphatic heterocycles. The van der Waals surface area contributed by atoms with Gasteiger partial charge < -0.3 is 14.5 Å². The first-order chi connectivity index (χ1) is 12.5. The molecule has 2 heterocycles. The molecule has 0 aliphatic carbocycles. The molecule has 2 N–H and O–H groups in total. The molecule has 2 aromatic carbocycles. The molecule has 0 saturated carbocycles. The Kier molecular flexibility index (Phi) is 4.14. The molecule has 6 nitrogen and oxygen atoms in total. The van der Waals surface area contributed by atoms with E-state index in [4.69, 9.17) is 4.42 Å². The molecule has 132 valence electrons. The number of hydrogen-bond donors (Lipinski definition) is 2. The van der Waals surface area contributed by atoms with Crippen molar-refractivity contribution in [3.05, 3.63) is 54.2 Å². The number of aromatic nitrogens is 2. The SMILES string of the molecule is C=S(C)(=O)Nc1cccc(Nc2ncc(-c3ccc4ncsc4c3)o2)c1. The van der Waals surface area contributed by atoms with Crippen LogP contribution in [0.4, 0.5) is 17.4 Å². The molecule has 4 aromatic rings. The van der Waals surface area contributed by atoms with Gasteiger partial charge in [0.1, 0.15) is 0 Å². The van der Waals surface area contributed by atoms with Gasteiger partial charge in [-0.15, -0.1) is 11.3 Å². The summed E-state index contributed by atoms with van der Waals surface area (Å²) < 4.78 is 21.6. The topological polar surface area (TPSA) is 80.0 Å². The molecule has 0 amide bonds. The Morgan fingerprint density at radius 1 is 1.15 bits per heavy atom. The summed E-state index contributed by atoms with van der Waals surface area (Å²) in [5, 5.41) is 3.11. The van der Waals surface area contributed by atoms with Gasteiger partial charge in [-0.05, 0) is 42.3 Å². The number of nitrogens with zero attached hydrogens (tertiary/aromatic N) is 2. The van der Waals surface area contributed by atoms with E-state index in [0.717, 1.165) is 21.5 Å². The summed E-state index contributed by atoms with van der Waals surface area (Å²) in [4.78, 5) is 8.56. The van der Waals surface area contributed by atoms with Crippen molar-refractivity contribution >= 4 is 54.5 Å². The average Bonchev–Trinajstić information content (AvgIpc) is 3.21. The Morgan fingerprint density at radius 3 is 2.85 bits per heavy atom. The molecular weight excluding hydrogens is 368 g/mol. The number of fused-ring (bicyclic) bond motifs is 1. The lowest BCUT2D eigenvalue weighted by Crippen LogP contribution is -2.09. The summed E-state index contributed by atoms with van der Waals surface area (Å²) in [7, 11) is -2.33. The maximum absolute atomic E-state index is 11.8. The number of hydrogen-bond acceptors (Lipinski definition) is 6. The molecule has 1 unspecified atom stereocenters. The third-order valence-corrected chi connectivity index (χ3v) is 5.03. The van der Waals surface area contributed by atoms with E-state index in [0.29, 0.717) is 17.5 Å². The van der Waals surface area contributed by atoms with E-state index in [1.165, 1.54) is 0 Å². The van der Waals surface area contributed by atoms with Gasteiger partial charge in [-0.3, -0.25) is 0 Å². The van der Waals surface area contributed by atoms with Crippen LogP contribution in [0.25, 0.3) is 21.5 Å². The largest absolute Gasteiger partial charge is 0.423 e. The summed E-state index contributed by atoms with van der Waals surface area (Å²) in [6.45, 7) is 0. The van der Waals surface area contributed by atoms with Gasteiger partial charge in [0.2, 0.25) is 0 Å². The van der Waals surface area contributed by atoms with Crippen molar-refractivity contribution in [1.82, 2.24) is 9.97 Å². The predicted octanol–water partition coefficient (Wildman–Crippen LogP) is 4.37. The van der Waals surface area contributed by atoms with Crippen molar-refractivity contribution in [3.63, 3.8) is 0 Å². The van der Waals surface area contributed by atoms with E-state index in [9.17, 15) is 4.21 Å².